The van der Waals surface area contributed by atoms with Gasteiger partial charge in [-0.1, -0.05) is 6.07 Å². The van der Waals surface area contributed by atoms with Crippen molar-refractivity contribution in [2.24, 2.45) is 23.7 Å². The van der Waals surface area contributed by atoms with Gasteiger partial charge in [0.25, 0.3) is 0 Å². The predicted octanol–water partition coefficient (Wildman–Crippen LogP) is 3.05. The van der Waals surface area contributed by atoms with Gasteiger partial charge in [0.2, 0.25) is 10.0 Å². The fraction of sp³-hybridized carbons (Fsp3) is 0.632. The molecule has 0 atom stereocenters. The maximum Gasteiger partial charge on any atom is 0.242 e. The molecule has 4 fully saturated rings. The third-order valence-electron chi connectivity index (χ3n) is 6.39. The van der Waals surface area contributed by atoms with Crippen LogP contribution in [0.4, 0.5) is 5.69 Å². The topological polar surface area (TPSA) is 61.4 Å². The Balaban J connectivity index is 1.43. The minimum atomic E-state index is -3.45. The number of benzene rings is 1. The Labute approximate surface area is 161 Å². The Kier molecular flexibility index (Phi) is 4.73. The van der Waals surface area contributed by atoms with Crippen molar-refractivity contribution in [2.45, 2.75) is 43.0 Å². The molecule has 0 aliphatic heterocycles. The zero-order valence-corrected chi connectivity index (χ0v) is 16.9. The van der Waals surface area contributed by atoms with Gasteiger partial charge in [-0.15, -0.1) is 0 Å². The van der Waals surface area contributed by atoms with Crippen molar-refractivity contribution in [1.29, 1.82) is 0 Å². The molecule has 0 radical (unpaired) electrons. The van der Waals surface area contributed by atoms with E-state index < -0.39 is 10.0 Å². The lowest BCUT2D eigenvalue weighted by Crippen LogP contribution is -2.56. The molecule has 2 N–H and O–H groups in total. The molecule has 26 heavy (non-hydrogen) atoms. The van der Waals surface area contributed by atoms with E-state index in [9.17, 15) is 8.42 Å². The molecule has 1 aromatic rings. The summed E-state index contributed by atoms with van der Waals surface area (Å²) >= 11 is 5.54. The van der Waals surface area contributed by atoms with Gasteiger partial charge in [-0.25, -0.2) is 12.7 Å². The minimum absolute atomic E-state index is 0.268. The summed E-state index contributed by atoms with van der Waals surface area (Å²) < 4.78 is 25.8. The molecule has 0 saturated heterocycles. The fourth-order valence-electron chi connectivity index (χ4n) is 5.42. The van der Waals surface area contributed by atoms with Crippen molar-refractivity contribution in [2.75, 3.05) is 19.4 Å². The molecule has 4 saturated carbocycles. The van der Waals surface area contributed by atoms with E-state index in [0.717, 1.165) is 23.7 Å². The maximum absolute atomic E-state index is 12.3. The maximum atomic E-state index is 12.3. The van der Waals surface area contributed by atoms with Crippen LogP contribution in [0, 0.1) is 23.7 Å². The Morgan fingerprint density at radius 2 is 1.69 bits per heavy atom. The zero-order valence-electron chi connectivity index (χ0n) is 15.3. The summed E-state index contributed by atoms with van der Waals surface area (Å²) in [6.45, 7) is 0. The number of sulfonamides is 1. The Hall–Kier alpha value is -1.18. The average Bonchev–Trinajstić information content (AvgIpc) is 2.57. The van der Waals surface area contributed by atoms with Crippen LogP contribution in [0.25, 0.3) is 0 Å². The van der Waals surface area contributed by atoms with Gasteiger partial charge in [-0.2, -0.15) is 0 Å². The van der Waals surface area contributed by atoms with E-state index in [-0.39, 0.29) is 4.90 Å². The van der Waals surface area contributed by atoms with Crippen LogP contribution in [-0.2, 0) is 10.0 Å². The SMILES string of the molecule is CN(C)S(=O)(=O)c1cccc(NC(=S)NC2C3CC4CC(C3)CC2C4)c1. The highest BCUT2D eigenvalue weighted by Crippen LogP contribution is 2.53. The highest BCUT2D eigenvalue weighted by Gasteiger charge is 2.48. The van der Waals surface area contributed by atoms with Gasteiger partial charge < -0.3 is 10.6 Å². The van der Waals surface area contributed by atoms with E-state index in [2.05, 4.69) is 10.6 Å². The quantitative estimate of drug-likeness (QED) is 0.770. The first kappa shape index (κ1) is 18.2. The summed E-state index contributed by atoms with van der Waals surface area (Å²) in [4.78, 5) is 0.268. The monoisotopic (exact) mass is 393 g/mol. The molecule has 1 aromatic carbocycles. The summed E-state index contributed by atoms with van der Waals surface area (Å²) in [5.74, 6) is 3.35. The lowest BCUT2D eigenvalue weighted by molar-refractivity contribution is -0.00665. The third kappa shape index (κ3) is 3.37. The number of anilines is 1. The van der Waals surface area contributed by atoms with Gasteiger partial charge in [0.05, 0.1) is 4.90 Å². The average molecular weight is 394 g/mol. The van der Waals surface area contributed by atoms with Crippen molar-refractivity contribution < 1.29 is 8.42 Å². The lowest BCUT2D eigenvalue weighted by Gasteiger charge is -2.54. The van der Waals surface area contributed by atoms with Crippen molar-refractivity contribution in [3.63, 3.8) is 0 Å². The van der Waals surface area contributed by atoms with Crippen LogP contribution >= 0.6 is 12.2 Å². The molecule has 4 bridgehead atoms. The number of nitrogens with zero attached hydrogens (tertiary/aromatic N) is 1. The second-order valence-corrected chi connectivity index (χ2v) is 10.9. The van der Waals surface area contributed by atoms with Crippen LogP contribution < -0.4 is 10.6 Å². The number of hydrogen-bond acceptors (Lipinski definition) is 3. The molecule has 4 aliphatic carbocycles. The molecule has 0 unspecified atom stereocenters. The number of thiocarbonyl (C=S) groups is 1. The van der Waals surface area contributed by atoms with Crippen molar-refractivity contribution >= 4 is 33.0 Å². The van der Waals surface area contributed by atoms with Gasteiger partial charge >= 0.3 is 0 Å². The van der Waals surface area contributed by atoms with Crippen molar-refractivity contribution in [1.82, 2.24) is 9.62 Å². The van der Waals surface area contributed by atoms with Crippen LogP contribution in [0.2, 0.25) is 0 Å². The molecule has 0 amide bonds. The highest BCUT2D eigenvalue weighted by atomic mass is 32.2. The Morgan fingerprint density at radius 1 is 1.08 bits per heavy atom. The summed E-state index contributed by atoms with van der Waals surface area (Å²) in [5.41, 5.74) is 0.703. The van der Waals surface area contributed by atoms with Gasteiger partial charge in [0.15, 0.2) is 5.11 Å². The predicted molar refractivity (Wildman–Crippen MR) is 108 cm³/mol. The van der Waals surface area contributed by atoms with Crippen molar-refractivity contribution in [3.05, 3.63) is 24.3 Å². The molecule has 0 spiro atoms. The van der Waals surface area contributed by atoms with Crippen LogP contribution in [0.3, 0.4) is 0 Å². The fourth-order valence-corrected chi connectivity index (χ4v) is 6.63. The lowest BCUT2D eigenvalue weighted by atomic mass is 9.54. The number of hydrogen-bond donors (Lipinski definition) is 2. The van der Waals surface area contributed by atoms with E-state index in [1.807, 2.05) is 6.07 Å². The molecule has 5 nitrogen and oxygen atoms in total. The first-order valence-corrected chi connectivity index (χ1v) is 11.3. The van der Waals surface area contributed by atoms with E-state index in [1.54, 1.807) is 18.2 Å². The molecular weight excluding hydrogens is 366 g/mol. The van der Waals surface area contributed by atoms with Gasteiger partial charge in [-0.05, 0) is 86.2 Å². The molecule has 142 valence electrons. The largest absolute Gasteiger partial charge is 0.359 e. The third-order valence-corrected chi connectivity index (χ3v) is 8.43. The first-order chi connectivity index (χ1) is 12.3. The van der Waals surface area contributed by atoms with Crippen molar-refractivity contribution in [3.8, 4) is 0 Å². The number of nitrogens with one attached hydrogen (secondary N) is 2. The van der Waals surface area contributed by atoms with Gasteiger partial charge in [-0.3, -0.25) is 0 Å². The van der Waals surface area contributed by atoms with E-state index in [4.69, 9.17) is 12.2 Å². The summed E-state index contributed by atoms with van der Waals surface area (Å²) in [7, 11) is -0.375. The van der Waals surface area contributed by atoms with Crippen LogP contribution in [0.5, 0.6) is 0 Å². The Bertz CT molecular complexity index is 779. The summed E-state index contributed by atoms with van der Waals surface area (Å²) in [6, 6.07) is 7.30. The number of rotatable bonds is 4. The minimum Gasteiger partial charge on any atom is -0.359 e. The van der Waals surface area contributed by atoms with Crippen LogP contribution in [-0.4, -0.2) is 38.0 Å². The normalized spacial score (nSPS) is 32.7. The molecule has 0 heterocycles. The van der Waals surface area contributed by atoms with E-state index in [0.29, 0.717) is 16.8 Å². The molecule has 0 aromatic heterocycles. The van der Waals surface area contributed by atoms with Crippen LogP contribution in [0.15, 0.2) is 29.2 Å². The van der Waals surface area contributed by atoms with Gasteiger partial charge in [0, 0.05) is 25.8 Å². The molecule has 4 aliphatic rings. The molecule has 7 heteroatoms. The van der Waals surface area contributed by atoms with Crippen LogP contribution in [0.1, 0.15) is 32.1 Å². The highest BCUT2D eigenvalue weighted by molar-refractivity contribution is 7.89. The second kappa shape index (κ2) is 6.77. The zero-order chi connectivity index (χ0) is 18.5. The van der Waals surface area contributed by atoms with Gasteiger partial charge in [0.1, 0.15) is 0 Å². The molecule has 5 rings (SSSR count). The first-order valence-electron chi connectivity index (χ1n) is 9.43. The van der Waals surface area contributed by atoms with E-state index in [1.165, 1.54) is 50.5 Å². The second-order valence-electron chi connectivity index (χ2n) is 8.37. The van der Waals surface area contributed by atoms with E-state index >= 15 is 0 Å². The smallest absolute Gasteiger partial charge is 0.242 e. The Morgan fingerprint density at radius 3 is 2.27 bits per heavy atom. The standard InChI is InChI=1S/C19H27N3O2S2/c1-22(2)26(23,24)17-5-3-4-16(11-17)20-19(25)21-18-14-7-12-6-13(9-14)10-15(18)8-12/h3-5,11-15,18H,6-10H2,1-2H3,(H2,20,21,25). The summed E-state index contributed by atoms with van der Waals surface area (Å²) in [5, 5.41) is 7.34. The summed E-state index contributed by atoms with van der Waals surface area (Å²) in [6.07, 6.45) is 6.79. The molecular formula is C19H27N3O2S2.